The van der Waals surface area contributed by atoms with E-state index < -0.39 is 0 Å². The van der Waals surface area contributed by atoms with Gasteiger partial charge in [-0.05, 0) is 61.0 Å². The summed E-state index contributed by atoms with van der Waals surface area (Å²) >= 11 is 5.90. The molecule has 0 bridgehead atoms. The van der Waals surface area contributed by atoms with Gasteiger partial charge in [0.05, 0.1) is 17.1 Å². The molecule has 1 heterocycles. The van der Waals surface area contributed by atoms with Gasteiger partial charge in [0.2, 0.25) is 0 Å². The Hall–Kier alpha value is -3.44. The van der Waals surface area contributed by atoms with E-state index in [1.807, 2.05) is 42.5 Å². The number of aromatic nitrogens is 2. The van der Waals surface area contributed by atoms with E-state index in [1.54, 1.807) is 43.5 Å². The standard InChI is InChI=1S/C22H16ClN3O2/c1-15-25-21-8-3-2-7-20(21)22(27)26(15)24-14-16-5-4-6-19(13-16)28-18-11-9-17(23)10-12-18/h2-14H,1H3/b24-14-. The molecular weight excluding hydrogens is 374 g/mol. The highest BCUT2D eigenvalue weighted by atomic mass is 35.5. The summed E-state index contributed by atoms with van der Waals surface area (Å²) in [6.07, 6.45) is 1.61. The molecule has 0 fully saturated rings. The lowest BCUT2D eigenvalue weighted by Gasteiger charge is -2.07. The summed E-state index contributed by atoms with van der Waals surface area (Å²) in [7, 11) is 0. The van der Waals surface area contributed by atoms with Crippen LogP contribution in [0.4, 0.5) is 0 Å². The molecule has 1 aromatic heterocycles. The normalized spacial score (nSPS) is 11.2. The first-order chi connectivity index (χ1) is 13.6. The van der Waals surface area contributed by atoms with Crippen molar-refractivity contribution in [3.05, 3.63) is 99.6 Å². The topological polar surface area (TPSA) is 56.5 Å². The Kier molecular flexibility index (Phi) is 4.91. The van der Waals surface area contributed by atoms with Gasteiger partial charge < -0.3 is 4.74 Å². The Bertz CT molecular complexity index is 1230. The van der Waals surface area contributed by atoms with Crippen LogP contribution in [-0.4, -0.2) is 15.9 Å². The number of nitrogens with zero attached hydrogens (tertiary/aromatic N) is 3. The second kappa shape index (κ2) is 7.66. The van der Waals surface area contributed by atoms with Crippen LogP contribution in [0, 0.1) is 6.92 Å². The number of aryl methyl sites for hydroxylation is 1. The molecule has 0 atom stereocenters. The second-order valence-corrected chi connectivity index (χ2v) is 6.60. The molecule has 0 saturated heterocycles. The van der Waals surface area contributed by atoms with Gasteiger partial charge in [-0.25, -0.2) is 4.98 Å². The summed E-state index contributed by atoms with van der Waals surface area (Å²) in [5, 5.41) is 5.51. The first-order valence-electron chi connectivity index (χ1n) is 8.66. The monoisotopic (exact) mass is 389 g/mol. The SMILES string of the molecule is Cc1nc2ccccc2c(=O)n1/N=C\c1cccc(Oc2ccc(Cl)cc2)c1. The maximum Gasteiger partial charge on any atom is 0.282 e. The largest absolute Gasteiger partial charge is 0.457 e. The van der Waals surface area contributed by atoms with Gasteiger partial charge in [0.15, 0.2) is 0 Å². The number of halogens is 1. The number of hydrogen-bond donors (Lipinski definition) is 0. The van der Waals surface area contributed by atoms with Gasteiger partial charge in [-0.1, -0.05) is 35.9 Å². The lowest BCUT2D eigenvalue weighted by atomic mass is 10.2. The Morgan fingerprint density at radius 1 is 1.00 bits per heavy atom. The van der Waals surface area contributed by atoms with Crippen molar-refractivity contribution in [3.63, 3.8) is 0 Å². The van der Waals surface area contributed by atoms with E-state index in [-0.39, 0.29) is 5.56 Å². The maximum atomic E-state index is 12.7. The van der Waals surface area contributed by atoms with Crippen molar-refractivity contribution in [2.45, 2.75) is 6.92 Å². The fourth-order valence-electron chi connectivity index (χ4n) is 2.79. The molecule has 5 nitrogen and oxygen atoms in total. The van der Waals surface area contributed by atoms with Crippen molar-refractivity contribution >= 4 is 28.7 Å². The molecule has 0 saturated carbocycles. The Morgan fingerprint density at radius 2 is 1.79 bits per heavy atom. The molecule has 3 aromatic carbocycles. The van der Waals surface area contributed by atoms with Gasteiger partial charge >= 0.3 is 0 Å². The van der Waals surface area contributed by atoms with Crippen molar-refractivity contribution < 1.29 is 4.74 Å². The maximum absolute atomic E-state index is 12.7. The average molecular weight is 390 g/mol. The van der Waals surface area contributed by atoms with Gasteiger partial charge in [0.1, 0.15) is 17.3 Å². The Balaban J connectivity index is 1.63. The highest BCUT2D eigenvalue weighted by Crippen LogP contribution is 2.23. The van der Waals surface area contributed by atoms with E-state index in [0.717, 1.165) is 5.56 Å². The van der Waals surface area contributed by atoms with Crippen LogP contribution < -0.4 is 10.3 Å². The smallest absolute Gasteiger partial charge is 0.282 e. The van der Waals surface area contributed by atoms with Crippen molar-refractivity contribution in [1.82, 2.24) is 9.66 Å². The van der Waals surface area contributed by atoms with Crippen LogP contribution in [-0.2, 0) is 0 Å². The quantitative estimate of drug-likeness (QED) is 0.460. The molecule has 0 spiro atoms. The molecule has 0 aliphatic rings. The van der Waals surface area contributed by atoms with Crippen LogP contribution >= 0.6 is 11.6 Å². The van der Waals surface area contributed by atoms with E-state index in [1.165, 1.54) is 4.68 Å². The van der Waals surface area contributed by atoms with Crippen molar-refractivity contribution in [2.75, 3.05) is 0 Å². The molecule has 28 heavy (non-hydrogen) atoms. The van der Waals surface area contributed by atoms with E-state index in [9.17, 15) is 4.79 Å². The van der Waals surface area contributed by atoms with Gasteiger partial charge in [0, 0.05) is 5.02 Å². The number of benzene rings is 3. The zero-order chi connectivity index (χ0) is 19.5. The molecule has 0 aliphatic heterocycles. The van der Waals surface area contributed by atoms with E-state index in [4.69, 9.17) is 16.3 Å². The summed E-state index contributed by atoms with van der Waals surface area (Å²) in [5.74, 6) is 1.87. The van der Waals surface area contributed by atoms with E-state index in [2.05, 4.69) is 10.1 Å². The molecule has 0 unspecified atom stereocenters. The minimum absolute atomic E-state index is 0.201. The molecule has 4 aromatic rings. The predicted molar refractivity (Wildman–Crippen MR) is 112 cm³/mol. The summed E-state index contributed by atoms with van der Waals surface area (Å²) in [6, 6.07) is 21.8. The molecule has 6 heteroatoms. The summed E-state index contributed by atoms with van der Waals surface area (Å²) < 4.78 is 7.13. The summed E-state index contributed by atoms with van der Waals surface area (Å²) in [5.41, 5.74) is 1.26. The molecule has 138 valence electrons. The fraction of sp³-hybridized carbons (Fsp3) is 0.0455. The number of rotatable bonds is 4. The Morgan fingerprint density at radius 3 is 2.61 bits per heavy atom. The number of fused-ring (bicyclic) bond motifs is 1. The van der Waals surface area contributed by atoms with Gasteiger partial charge in [-0.15, -0.1) is 0 Å². The number of para-hydroxylation sites is 1. The van der Waals surface area contributed by atoms with Crippen LogP contribution in [0.1, 0.15) is 11.4 Å². The molecule has 0 radical (unpaired) electrons. The predicted octanol–water partition coefficient (Wildman–Crippen LogP) is 5.03. The highest BCUT2D eigenvalue weighted by molar-refractivity contribution is 6.30. The first-order valence-corrected chi connectivity index (χ1v) is 9.04. The Labute approximate surface area is 166 Å². The fourth-order valence-corrected chi connectivity index (χ4v) is 2.92. The minimum Gasteiger partial charge on any atom is -0.457 e. The average Bonchev–Trinajstić information content (AvgIpc) is 2.70. The third kappa shape index (κ3) is 3.80. The zero-order valence-electron chi connectivity index (χ0n) is 15.0. The molecule has 0 amide bonds. The first kappa shape index (κ1) is 17.9. The highest BCUT2D eigenvalue weighted by Gasteiger charge is 2.06. The van der Waals surface area contributed by atoms with Crippen molar-refractivity contribution in [3.8, 4) is 11.5 Å². The molecule has 4 rings (SSSR count). The lowest BCUT2D eigenvalue weighted by molar-refractivity contribution is 0.482. The zero-order valence-corrected chi connectivity index (χ0v) is 15.8. The van der Waals surface area contributed by atoms with Crippen LogP contribution in [0.2, 0.25) is 5.02 Å². The van der Waals surface area contributed by atoms with Crippen molar-refractivity contribution in [1.29, 1.82) is 0 Å². The van der Waals surface area contributed by atoms with Gasteiger partial charge in [-0.3, -0.25) is 4.79 Å². The minimum atomic E-state index is -0.201. The second-order valence-electron chi connectivity index (χ2n) is 6.17. The number of ether oxygens (including phenoxy) is 1. The molecule has 0 aliphatic carbocycles. The summed E-state index contributed by atoms with van der Waals surface area (Å²) in [4.78, 5) is 17.1. The van der Waals surface area contributed by atoms with Crippen LogP contribution in [0.15, 0.2) is 82.7 Å². The lowest BCUT2D eigenvalue weighted by Crippen LogP contribution is -2.20. The number of hydrogen-bond acceptors (Lipinski definition) is 4. The van der Waals surface area contributed by atoms with E-state index >= 15 is 0 Å². The van der Waals surface area contributed by atoms with Gasteiger partial charge in [-0.2, -0.15) is 9.78 Å². The molecule has 0 N–H and O–H groups in total. The van der Waals surface area contributed by atoms with Crippen LogP contribution in [0.25, 0.3) is 10.9 Å². The van der Waals surface area contributed by atoms with Crippen molar-refractivity contribution in [2.24, 2.45) is 5.10 Å². The van der Waals surface area contributed by atoms with Crippen LogP contribution in [0.3, 0.4) is 0 Å². The molecular formula is C22H16ClN3O2. The summed E-state index contributed by atoms with van der Waals surface area (Å²) in [6.45, 7) is 1.76. The van der Waals surface area contributed by atoms with Crippen LogP contribution in [0.5, 0.6) is 11.5 Å². The third-order valence-corrected chi connectivity index (χ3v) is 4.40. The third-order valence-electron chi connectivity index (χ3n) is 4.15. The van der Waals surface area contributed by atoms with Gasteiger partial charge in [0.25, 0.3) is 5.56 Å². The van der Waals surface area contributed by atoms with E-state index in [0.29, 0.717) is 33.2 Å².